The summed E-state index contributed by atoms with van der Waals surface area (Å²) in [6, 6.07) is 5.90. The molecular weight excluding hydrogens is 461 g/mol. The van der Waals surface area contributed by atoms with Gasteiger partial charge in [-0.15, -0.1) is 0 Å². The van der Waals surface area contributed by atoms with Crippen LogP contribution in [0.5, 0.6) is 11.5 Å². The molecule has 182 valence electrons. The second kappa shape index (κ2) is 9.98. The van der Waals surface area contributed by atoms with Crippen LogP contribution in [-0.4, -0.2) is 30.7 Å². The maximum atomic E-state index is 13.8. The van der Waals surface area contributed by atoms with Crippen LogP contribution in [-0.2, 0) is 16.2 Å². The van der Waals surface area contributed by atoms with Crippen LogP contribution >= 0.6 is 0 Å². The number of ether oxygens (including phenoxy) is 2. The van der Waals surface area contributed by atoms with Crippen molar-refractivity contribution < 1.29 is 35.9 Å². The van der Waals surface area contributed by atoms with Crippen LogP contribution in [0.4, 0.5) is 13.2 Å². The van der Waals surface area contributed by atoms with Crippen molar-refractivity contribution >= 4 is 15.9 Å². The Hall–Kier alpha value is -2.82. The molecule has 1 aromatic carbocycles. The maximum absolute atomic E-state index is 13.8. The summed E-state index contributed by atoms with van der Waals surface area (Å²) >= 11 is 0. The molecule has 0 fully saturated rings. The predicted octanol–water partition coefficient (Wildman–Crippen LogP) is 4.89. The van der Waals surface area contributed by atoms with Crippen LogP contribution < -0.4 is 14.2 Å². The molecule has 0 bridgehead atoms. The molecule has 0 spiro atoms. The van der Waals surface area contributed by atoms with Crippen LogP contribution in [0, 0.1) is 0 Å². The molecule has 1 heterocycles. The van der Waals surface area contributed by atoms with E-state index in [9.17, 15) is 26.4 Å². The lowest BCUT2D eigenvalue weighted by molar-refractivity contribution is -0.139. The molecule has 1 N–H and O–H groups in total. The van der Waals surface area contributed by atoms with Crippen molar-refractivity contribution in [2.75, 3.05) is 6.61 Å². The zero-order valence-electron chi connectivity index (χ0n) is 19.0. The van der Waals surface area contributed by atoms with Crippen molar-refractivity contribution in [3.8, 4) is 11.5 Å². The smallest absolute Gasteiger partial charge is 0.419 e. The molecule has 1 atom stereocenters. The number of nitrogens with zero attached hydrogens (tertiary/aromatic N) is 1. The quantitative estimate of drug-likeness (QED) is 0.569. The lowest BCUT2D eigenvalue weighted by atomic mass is 10.1. The number of alkyl halides is 3. The Morgan fingerprint density at radius 2 is 1.79 bits per heavy atom. The molecule has 2 aromatic rings. The second-order valence-electron chi connectivity index (χ2n) is 8.12. The van der Waals surface area contributed by atoms with Gasteiger partial charge in [-0.3, -0.25) is 9.78 Å². The summed E-state index contributed by atoms with van der Waals surface area (Å²) in [4.78, 5) is 16.6. The van der Waals surface area contributed by atoms with Gasteiger partial charge in [-0.2, -0.15) is 13.2 Å². The number of pyridine rings is 1. The summed E-state index contributed by atoms with van der Waals surface area (Å²) in [5, 5.41) is 0. The maximum Gasteiger partial charge on any atom is 0.419 e. The Balaban J connectivity index is 2.36. The molecule has 7 nitrogen and oxygen atoms in total. The molecule has 1 amide bonds. The highest BCUT2D eigenvalue weighted by Crippen LogP contribution is 2.39. The zero-order chi connectivity index (χ0) is 25.0. The van der Waals surface area contributed by atoms with Crippen LogP contribution in [0.3, 0.4) is 0 Å². The van der Waals surface area contributed by atoms with Crippen molar-refractivity contribution in [3.05, 3.63) is 53.3 Å². The Morgan fingerprint density at radius 1 is 1.12 bits per heavy atom. The highest BCUT2D eigenvalue weighted by atomic mass is 32.2. The van der Waals surface area contributed by atoms with Gasteiger partial charge in [0.05, 0.1) is 28.8 Å². The lowest BCUT2D eigenvalue weighted by Gasteiger charge is -2.22. The van der Waals surface area contributed by atoms with Crippen molar-refractivity contribution in [1.82, 2.24) is 9.71 Å². The molecule has 0 aliphatic heterocycles. The molecular formula is C22H27F3N2O5S. The molecule has 0 saturated heterocycles. The van der Waals surface area contributed by atoms with Gasteiger partial charge in [0.2, 0.25) is 10.0 Å². The monoisotopic (exact) mass is 488 g/mol. The van der Waals surface area contributed by atoms with Gasteiger partial charge >= 0.3 is 6.18 Å². The number of aromatic nitrogens is 1. The Bertz CT molecular complexity index is 1080. The fourth-order valence-corrected chi connectivity index (χ4v) is 3.34. The summed E-state index contributed by atoms with van der Waals surface area (Å²) in [6.45, 7) is 8.07. The first kappa shape index (κ1) is 26.4. The van der Waals surface area contributed by atoms with Gasteiger partial charge in [-0.05, 0) is 64.4 Å². The zero-order valence-corrected chi connectivity index (χ0v) is 19.8. The van der Waals surface area contributed by atoms with E-state index in [2.05, 4.69) is 4.98 Å². The standard InChI is InChI=1S/C22H27F3N2O5S/c1-6-18(17-10-9-15(13-26-17)31-7-2)32-19-11-8-14(12-16(19)22(23,24)25)20(28)27-33(29,30)21(3,4)5/h8-13,18H,6-7H2,1-5H3,(H,27,28). The van der Waals surface area contributed by atoms with Gasteiger partial charge in [0, 0.05) is 5.56 Å². The van der Waals surface area contributed by atoms with Crippen LogP contribution in [0.15, 0.2) is 36.5 Å². The topological polar surface area (TPSA) is 94.6 Å². The van der Waals surface area contributed by atoms with E-state index >= 15 is 0 Å². The molecule has 0 aliphatic carbocycles. The number of benzene rings is 1. The summed E-state index contributed by atoms with van der Waals surface area (Å²) in [5.74, 6) is -1.14. The van der Waals surface area contributed by atoms with Crippen molar-refractivity contribution in [3.63, 3.8) is 0 Å². The third-order valence-electron chi connectivity index (χ3n) is 4.62. The minimum atomic E-state index is -4.85. The van der Waals surface area contributed by atoms with Crippen molar-refractivity contribution in [2.24, 2.45) is 0 Å². The van der Waals surface area contributed by atoms with Gasteiger partial charge in [0.15, 0.2) is 0 Å². The second-order valence-corrected chi connectivity index (χ2v) is 10.6. The molecule has 11 heteroatoms. The molecule has 2 rings (SSSR count). The predicted molar refractivity (Wildman–Crippen MR) is 117 cm³/mol. The van der Waals surface area contributed by atoms with Gasteiger partial charge in [0.25, 0.3) is 5.91 Å². The van der Waals surface area contributed by atoms with E-state index in [1.165, 1.54) is 27.0 Å². The Morgan fingerprint density at radius 3 is 2.27 bits per heavy atom. The number of amides is 1. The fraction of sp³-hybridized carbons (Fsp3) is 0.455. The average molecular weight is 489 g/mol. The van der Waals surface area contributed by atoms with Gasteiger partial charge in [0.1, 0.15) is 17.6 Å². The van der Waals surface area contributed by atoms with E-state index in [0.717, 1.165) is 12.1 Å². The molecule has 1 unspecified atom stereocenters. The summed E-state index contributed by atoms with van der Waals surface area (Å²) in [5.41, 5.74) is -1.25. The fourth-order valence-electron chi connectivity index (χ4n) is 2.67. The van der Waals surface area contributed by atoms with E-state index in [-0.39, 0.29) is 0 Å². The van der Waals surface area contributed by atoms with E-state index in [1.54, 1.807) is 19.1 Å². The van der Waals surface area contributed by atoms with Gasteiger partial charge in [-0.25, -0.2) is 13.1 Å². The average Bonchev–Trinajstić information content (AvgIpc) is 2.71. The van der Waals surface area contributed by atoms with E-state index in [4.69, 9.17) is 9.47 Å². The van der Waals surface area contributed by atoms with E-state index in [0.29, 0.717) is 30.5 Å². The number of hydrogen-bond acceptors (Lipinski definition) is 6. The van der Waals surface area contributed by atoms with Crippen LogP contribution in [0.25, 0.3) is 0 Å². The Kier molecular flexibility index (Phi) is 8.00. The molecule has 0 aliphatic rings. The molecule has 1 aromatic heterocycles. The first-order valence-corrected chi connectivity index (χ1v) is 11.7. The molecule has 0 saturated carbocycles. The summed E-state index contributed by atoms with van der Waals surface area (Å²) in [6.07, 6.45) is -3.86. The van der Waals surface area contributed by atoms with Crippen molar-refractivity contribution in [2.45, 2.75) is 58.1 Å². The minimum Gasteiger partial charge on any atom is -0.492 e. The number of carbonyl (C=O) groups is 1. The first-order valence-electron chi connectivity index (χ1n) is 10.2. The van der Waals surface area contributed by atoms with Gasteiger partial charge < -0.3 is 9.47 Å². The third-order valence-corrected chi connectivity index (χ3v) is 6.69. The largest absolute Gasteiger partial charge is 0.492 e. The normalized spacial score (nSPS) is 13.3. The number of rotatable bonds is 8. The lowest BCUT2D eigenvalue weighted by Crippen LogP contribution is -2.42. The number of sulfonamides is 1. The summed E-state index contributed by atoms with van der Waals surface area (Å²) in [7, 11) is -4.10. The third kappa shape index (κ3) is 6.59. The van der Waals surface area contributed by atoms with Crippen LogP contribution in [0.1, 0.15) is 68.8 Å². The highest BCUT2D eigenvalue weighted by Gasteiger charge is 2.37. The number of halogens is 3. The highest BCUT2D eigenvalue weighted by molar-refractivity contribution is 7.91. The molecule has 0 radical (unpaired) electrons. The van der Waals surface area contributed by atoms with Crippen LogP contribution in [0.2, 0.25) is 0 Å². The molecule has 33 heavy (non-hydrogen) atoms. The minimum absolute atomic E-state index is 0.324. The van der Waals surface area contributed by atoms with E-state index in [1.807, 2.05) is 11.6 Å². The van der Waals surface area contributed by atoms with E-state index < -0.39 is 49.8 Å². The first-order chi connectivity index (χ1) is 15.2. The Labute approximate surface area is 191 Å². The number of hydrogen-bond donors (Lipinski definition) is 1. The van der Waals surface area contributed by atoms with Crippen molar-refractivity contribution in [1.29, 1.82) is 0 Å². The summed E-state index contributed by atoms with van der Waals surface area (Å²) < 4.78 is 77.1. The number of carbonyl (C=O) groups excluding carboxylic acids is 1. The number of nitrogens with one attached hydrogen (secondary N) is 1. The van der Waals surface area contributed by atoms with Gasteiger partial charge in [-0.1, -0.05) is 6.92 Å². The SMILES string of the molecule is CCOc1ccc(C(CC)Oc2ccc(C(=O)NS(=O)(=O)C(C)(C)C)cc2C(F)(F)F)nc1.